The highest BCUT2D eigenvalue weighted by atomic mass is 19.1. The van der Waals surface area contributed by atoms with Gasteiger partial charge >= 0.3 is 0 Å². The first-order chi connectivity index (χ1) is 14.5. The lowest BCUT2D eigenvalue weighted by Crippen LogP contribution is -2.42. The van der Waals surface area contributed by atoms with Gasteiger partial charge in [0.25, 0.3) is 5.91 Å². The molecular weight excluding hydrogens is 391 g/mol. The van der Waals surface area contributed by atoms with Gasteiger partial charge in [0.1, 0.15) is 18.1 Å². The lowest BCUT2D eigenvalue weighted by molar-refractivity contribution is -0.125. The standard InChI is InChI=1S/C20H23FN6O3/c21-15-10-24-20(25-14-3-1-12(2-4-14)19(22)29)26-18(15)13-5-6-23-16(9-13)27-7-8-30-11-17(27)28/h5-6,9-10,12,14H,1-4,7-8,11H2,(H2,22,29)(H,24,25,26)/t12-,14-. The van der Waals surface area contributed by atoms with Crippen molar-refractivity contribution in [1.29, 1.82) is 0 Å². The normalized spacial score (nSPS) is 22.0. The van der Waals surface area contributed by atoms with Gasteiger partial charge in [-0.05, 0) is 37.8 Å². The summed E-state index contributed by atoms with van der Waals surface area (Å²) in [5, 5.41) is 3.23. The molecule has 1 aliphatic carbocycles. The molecule has 3 N–H and O–H groups in total. The Bertz CT molecular complexity index is 948. The van der Waals surface area contributed by atoms with Gasteiger partial charge in [-0.2, -0.15) is 0 Å². The lowest BCUT2D eigenvalue weighted by Gasteiger charge is -2.27. The number of carbonyl (C=O) groups is 2. The number of ether oxygens (including phenoxy) is 1. The van der Waals surface area contributed by atoms with Crippen LogP contribution in [0.2, 0.25) is 0 Å². The summed E-state index contributed by atoms with van der Waals surface area (Å²) in [5.74, 6) is -0.369. The average Bonchev–Trinajstić information content (AvgIpc) is 2.76. The number of primary amides is 1. The molecule has 0 spiro atoms. The Labute approximate surface area is 172 Å². The molecule has 2 fully saturated rings. The second-order valence-corrected chi connectivity index (χ2v) is 7.49. The number of pyridine rings is 1. The number of anilines is 2. The summed E-state index contributed by atoms with van der Waals surface area (Å²) in [7, 11) is 0. The molecule has 1 saturated heterocycles. The number of nitrogens with two attached hydrogens (primary N) is 1. The van der Waals surface area contributed by atoms with Crippen LogP contribution in [0.1, 0.15) is 25.7 Å². The smallest absolute Gasteiger partial charge is 0.254 e. The van der Waals surface area contributed by atoms with Crippen molar-refractivity contribution in [2.24, 2.45) is 11.7 Å². The van der Waals surface area contributed by atoms with Crippen LogP contribution in [-0.4, -0.2) is 52.6 Å². The van der Waals surface area contributed by atoms with E-state index in [-0.39, 0.29) is 36.1 Å². The van der Waals surface area contributed by atoms with Crippen molar-refractivity contribution in [3.8, 4) is 11.3 Å². The number of nitrogens with one attached hydrogen (secondary N) is 1. The number of amides is 2. The van der Waals surface area contributed by atoms with Gasteiger partial charge < -0.3 is 15.8 Å². The molecule has 158 valence electrons. The molecule has 30 heavy (non-hydrogen) atoms. The largest absolute Gasteiger partial charge is 0.370 e. The van der Waals surface area contributed by atoms with E-state index in [0.29, 0.717) is 43.3 Å². The Hall–Kier alpha value is -3.14. The molecular formula is C20H23FN6O3. The summed E-state index contributed by atoms with van der Waals surface area (Å²) in [6.07, 6.45) is 5.60. The number of rotatable bonds is 5. The van der Waals surface area contributed by atoms with Gasteiger partial charge in [-0.15, -0.1) is 0 Å². The number of aromatic nitrogens is 3. The maximum atomic E-state index is 14.5. The minimum Gasteiger partial charge on any atom is -0.370 e. The molecule has 0 bridgehead atoms. The minimum absolute atomic E-state index is 0.000156. The fraction of sp³-hybridized carbons (Fsp3) is 0.450. The van der Waals surface area contributed by atoms with E-state index >= 15 is 0 Å². The zero-order valence-corrected chi connectivity index (χ0v) is 16.4. The molecule has 2 aliphatic rings. The van der Waals surface area contributed by atoms with Gasteiger partial charge in [0.05, 0.1) is 19.3 Å². The fourth-order valence-electron chi connectivity index (χ4n) is 3.82. The Kier molecular flexibility index (Phi) is 5.84. The summed E-state index contributed by atoms with van der Waals surface area (Å²) in [6.45, 7) is 0.813. The monoisotopic (exact) mass is 414 g/mol. The first-order valence-electron chi connectivity index (χ1n) is 9.94. The van der Waals surface area contributed by atoms with Gasteiger partial charge in [-0.25, -0.2) is 19.3 Å². The molecule has 3 heterocycles. The topological polar surface area (TPSA) is 123 Å². The summed E-state index contributed by atoms with van der Waals surface area (Å²) in [5.41, 5.74) is 6.01. The summed E-state index contributed by atoms with van der Waals surface area (Å²) in [6, 6.07) is 3.37. The number of morpholine rings is 1. The predicted octanol–water partition coefficient (Wildman–Crippen LogP) is 1.50. The lowest BCUT2D eigenvalue weighted by atomic mass is 9.86. The third-order valence-corrected chi connectivity index (χ3v) is 5.49. The third-order valence-electron chi connectivity index (χ3n) is 5.49. The molecule has 0 radical (unpaired) electrons. The van der Waals surface area contributed by atoms with Crippen molar-refractivity contribution < 1.29 is 18.7 Å². The zero-order chi connectivity index (χ0) is 21.1. The van der Waals surface area contributed by atoms with Crippen LogP contribution in [0.4, 0.5) is 16.2 Å². The Morgan fingerprint density at radius 2 is 2.07 bits per heavy atom. The number of halogens is 1. The summed E-state index contributed by atoms with van der Waals surface area (Å²) < 4.78 is 19.6. The maximum absolute atomic E-state index is 14.5. The van der Waals surface area contributed by atoms with E-state index < -0.39 is 5.82 Å². The predicted molar refractivity (Wildman–Crippen MR) is 107 cm³/mol. The van der Waals surface area contributed by atoms with Crippen molar-refractivity contribution in [1.82, 2.24) is 15.0 Å². The second kappa shape index (κ2) is 8.70. The summed E-state index contributed by atoms with van der Waals surface area (Å²) >= 11 is 0. The molecule has 0 atom stereocenters. The molecule has 1 saturated carbocycles. The van der Waals surface area contributed by atoms with E-state index in [1.165, 1.54) is 11.1 Å². The SMILES string of the molecule is NC(=O)[C@H]1CC[C@H](Nc2ncc(F)c(-c3ccnc(N4CCOCC4=O)c3)n2)CC1. The van der Waals surface area contributed by atoms with E-state index in [0.717, 1.165) is 19.0 Å². The quantitative estimate of drug-likeness (QED) is 0.760. The first kappa shape index (κ1) is 20.1. The van der Waals surface area contributed by atoms with E-state index in [4.69, 9.17) is 10.5 Å². The molecule has 2 aromatic heterocycles. The van der Waals surface area contributed by atoms with Crippen LogP contribution < -0.4 is 16.0 Å². The van der Waals surface area contributed by atoms with Gasteiger partial charge in [0, 0.05) is 23.7 Å². The van der Waals surface area contributed by atoms with E-state index in [2.05, 4.69) is 20.3 Å². The highest BCUT2D eigenvalue weighted by Gasteiger charge is 2.26. The van der Waals surface area contributed by atoms with Crippen molar-refractivity contribution in [3.63, 3.8) is 0 Å². The molecule has 0 aromatic carbocycles. The molecule has 0 unspecified atom stereocenters. The molecule has 9 nitrogen and oxygen atoms in total. The van der Waals surface area contributed by atoms with Crippen LogP contribution in [0, 0.1) is 11.7 Å². The van der Waals surface area contributed by atoms with Crippen molar-refractivity contribution in [3.05, 3.63) is 30.3 Å². The van der Waals surface area contributed by atoms with Crippen LogP contribution >= 0.6 is 0 Å². The van der Waals surface area contributed by atoms with Crippen LogP contribution in [0.15, 0.2) is 24.5 Å². The van der Waals surface area contributed by atoms with E-state index in [9.17, 15) is 14.0 Å². The van der Waals surface area contributed by atoms with Gasteiger partial charge in [-0.1, -0.05) is 0 Å². The van der Waals surface area contributed by atoms with E-state index in [1.807, 2.05) is 0 Å². The van der Waals surface area contributed by atoms with Gasteiger partial charge in [-0.3, -0.25) is 14.5 Å². The van der Waals surface area contributed by atoms with Crippen molar-refractivity contribution in [2.75, 3.05) is 30.0 Å². The van der Waals surface area contributed by atoms with Crippen LogP contribution in [0.3, 0.4) is 0 Å². The Morgan fingerprint density at radius 3 is 2.80 bits per heavy atom. The molecule has 10 heteroatoms. The number of hydrogen-bond donors (Lipinski definition) is 2. The molecule has 2 aromatic rings. The van der Waals surface area contributed by atoms with E-state index in [1.54, 1.807) is 12.1 Å². The Balaban J connectivity index is 1.52. The van der Waals surface area contributed by atoms with Crippen LogP contribution in [0.5, 0.6) is 0 Å². The highest BCUT2D eigenvalue weighted by molar-refractivity contribution is 5.94. The van der Waals surface area contributed by atoms with Crippen molar-refractivity contribution >= 4 is 23.6 Å². The first-order valence-corrected chi connectivity index (χ1v) is 9.94. The maximum Gasteiger partial charge on any atom is 0.254 e. The molecule has 2 amide bonds. The minimum atomic E-state index is -0.566. The number of nitrogens with zero attached hydrogens (tertiary/aromatic N) is 4. The zero-order valence-electron chi connectivity index (χ0n) is 16.4. The van der Waals surface area contributed by atoms with Crippen LogP contribution in [0.25, 0.3) is 11.3 Å². The van der Waals surface area contributed by atoms with Gasteiger partial charge in [0.2, 0.25) is 11.9 Å². The van der Waals surface area contributed by atoms with Crippen molar-refractivity contribution in [2.45, 2.75) is 31.7 Å². The molecule has 1 aliphatic heterocycles. The third kappa shape index (κ3) is 4.38. The molecule has 4 rings (SSSR count). The Morgan fingerprint density at radius 1 is 1.27 bits per heavy atom. The second-order valence-electron chi connectivity index (χ2n) is 7.49. The number of hydrogen-bond acceptors (Lipinski definition) is 7. The highest BCUT2D eigenvalue weighted by Crippen LogP contribution is 2.28. The van der Waals surface area contributed by atoms with Gasteiger partial charge in [0.15, 0.2) is 5.82 Å². The summed E-state index contributed by atoms with van der Waals surface area (Å²) in [4.78, 5) is 37.5. The fourth-order valence-corrected chi connectivity index (χ4v) is 3.82. The average molecular weight is 414 g/mol. The van der Waals surface area contributed by atoms with Crippen LogP contribution in [-0.2, 0) is 14.3 Å². The number of carbonyl (C=O) groups excluding carboxylic acids is 2.